The molecule has 0 radical (unpaired) electrons. The standard InChI is InChI=1S/C13H29N3O3/c1-16-10-7-12(18-3)14-8-5-11(17-2)15-9-6-13(16)19-4/h11-15H,5-10H2,1-4H3. The fourth-order valence-corrected chi connectivity index (χ4v) is 2.33. The predicted octanol–water partition coefficient (Wildman–Crippen LogP) is 0.199. The molecule has 6 nitrogen and oxygen atoms in total. The molecule has 114 valence electrons. The molecule has 0 spiro atoms. The Labute approximate surface area is 116 Å². The Hall–Kier alpha value is -0.240. The molecule has 0 amide bonds. The smallest absolute Gasteiger partial charge is 0.111 e. The summed E-state index contributed by atoms with van der Waals surface area (Å²) in [5.74, 6) is 0. The van der Waals surface area contributed by atoms with E-state index in [1.54, 1.807) is 21.3 Å². The van der Waals surface area contributed by atoms with Gasteiger partial charge in [0.25, 0.3) is 0 Å². The number of ether oxygens (including phenoxy) is 3. The molecule has 1 aliphatic heterocycles. The van der Waals surface area contributed by atoms with Crippen molar-refractivity contribution < 1.29 is 14.2 Å². The van der Waals surface area contributed by atoms with E-state index in [1.165, 1.54) is 0 Å². The molecule has 1 rings (SSSR count). The van der Waals surface area contributed by atoms with Crippen molar-refractivity contribution in [2.45, 2.75) is 37.9 Å². The van der Waals surface area contributed by atoms with Crippen LogP contribution in [0.3, 0.4) is 0 Å². The summed E-state index contributed by atoms with van der Waals surface area (Å²) >= 11 is 0. The second-order valence-corrected chi connectivity index (χ2v) is 4.89. The third kappa shape index (κ3) is 6.16. The van der Waals surface area contributed by atoms with Gasteiger partial charge in [-0.1, -0.05) is 0 Å². The fourth-order valence-electron chi connectivity index (χ4n) is 2.33. The zero-order valence-electron chi connectivity index (χ0n) is 12.6. The van der Waals surface area contributed by atoms with Crippen LogP contribution in [0.25, 0.3) is 0 Å². The molecule has 1 aliphatic rings. The minimum absolute atomic E-state index is 0.0762. The first-order chi connectivity index (χ1) is 9.21. The maximum atomic E-state index is 5.53. The minimum atomic E-state index is 0.0762. The molecule has 0 aromatic carbocycles. The first-order valence-corrected chi connectivity index (χ1v) is 6.96. The van der Waals surface area contributed by atoms with Crippen LogP contribution in [0.4, 0.5) is 0 Å². The van der Waals surface area contributed by atoms with Crippen LogP contribution < -0.4 is 10.6 Å². The lowest BCUT2D eigenvalue weighted by molar-refractivity contribution is -0.0386. The number of nitrogens with zero attached hydrogens (tertiary/aromatic N) is 1. The van der Waals surface area contributed by atoms with Crippen molar-refractivity contribution in [2.24, 2.45) is 0 Å². The van der Waals surface area contributed by atoms with Crippen LogP contribution >= 0.6 is 0 Å². The maximum Gasteiger partial charge on any atom is 0.111 e. The average Bonchev–Trinajstić information content (AvgIpc) is 2.43. The van der Waals surface area contributed by atoms with Gasteiger partial charge in [-0.05, 0) is 26.3 Å². The van der Waals surface area contributed by atoms with E-state index in [-0.39, 0.29) is 18.7 Å². The number of nitrogens with one attached hydrogen (secondary N) is 2. The van der Waals surface area contributed by atoms with E-state index < -0.39 is 0 Å². The Morgan fingerprint density at radius 3 is 2.00 bits per heavy atom. The van der Waals surface area contributed by atoms with Crippen molar-refractivity contribution in [1.29, 1.82) is 0 Å². The van der Waals surface area contributed by atoms with Gasteiger partial charge in [0.1, 0.15) is 18.7 Å². The van der Waals surface area contributed by atoms with Crippen LogP contribution in [0.5, 0.6) is 0 Å². The first kappa shape index (κ1) is 16.8. The van der Waals surface area contributed by atoms with Gasteiger partial charge >= 0.3 is 0 Å². The molecule has 6 heteroatoms. The number of rotatable bonds is 3. The molecule has 0 saturated carbocycles. The van der Waals surface area contributed by atoms with Crippen molar-refractivity contribution in [1.82, 2.24) is 15.5 Å². The van der Waals surface area contributed by atoms with E-state index >= 15 is 0 Å². The highest BCUT2D eigenvalue weighted by Gasteiger charge is 2.18. The Bertz CT molecular complexity index is 231. The van der Waals surface area contributed by atoms with Crippen LogP contribution in [0.15, 0.2) is 0 Å². The summed E-state index contributed by atoms with van der Waals surface area (Å²) in [6.07, 6.45) is 3.09. The Balaban J connectivity index is 2.55. The van der Waals surface area contributed by atoms with E-state index in [2.05, 4.69) is 22.6 Å². The van der Waals surface area contributed by atoms with Gasteiger partial charge in [0.05, 0.1) is 0 Å². The second-order valence-electron chi connectivity index (χ2n) is 4.89. The van der Waals surface area contributed by atoms with Gasteiger partial charge in [0.2, 0.25) is 0 Å². The Morgan fingerprint density at radius 1 is 0.842 bits per heavy atom. The third-order valence-electron chi connectivity index (χ3n) is 3.62. The van der Waals surface area contributed by atoms with Crippen LogP contribution in [0, 0.1) is 0 Å². The highest BCUT2D eigenvalue weighted by atomic mass is 16.5. The Morgan fingerprint density at radius 2 is 1.42 bits per heavy atom. The van der Waals surface area contributed by atoms with Crippen molar-refractivity contribution in [3.05, 3.63) is 0 Å². The van der Waals surface area contributed by atoms with Crippen molar-refractivity contribution in [3.63, 3.8) is 0 Å². The van der Waals surface area contributed by atoms with Gasteiger partial charge in [0, 0.05) is 41.0 Å². The fraction of sp³-hybridized carbons (Fsp3) is 1.00. The van der Waals surface area contributed by atoms with E-state index in [0.29, 0.717) is 0 Å². The summed E-state index contributed by atoms with van der Waals surface area (Å²) in [5.41, 5.74) is 0. The second kappa shape index (κ2) is 9.63. The van der Waals surface area contributed by atoms with Crippen molar-refractivity contribution in [3.8, 4) is 0 Å². The molecule has 3 atom stereocenters. The SMILES string of the molecule is COC1CCNC(OC)CCN(C)C(OC)CCN1. The average molecular weight is 275 g/mol. The van der Waals surface area contributed by atoms with Gasteiger partial charge in [-0.3, -0.25) is 15.5 Å². The summed E-state index contributed by atoms with van der Waals surface area (Å²) in [7, 11) is 7.31. The van der Waals surface area contributed by atoms with Gasteiger partial charge in [-0.15, -0.1) is 0 Å². The van der Waals surface area contributed by atoms with Crippen LogP contribution in [-0.4, -0.2) is 71.6 Å². The van der Waals surface area contributed by atoms with Crippen LogP contribution in [-0.2, 0) is 14.2 Å². The quantitative estimate of drug-likeness (QED) is 0.767. The largest absolute Gasteiger partial charge is 0.367 e. The minimum Gasteiger partial charge on any atom is -0.367 e. The topological polar surface area (TPSA) is 55.0 Å². The summed E-state index contributed by atoms with van der Waals surface area (Å²) in [6, 6.07) is 0. The van der Waals surface area contributed by atoms with Crippen molar-refractivity contribution >= 4 is 0 Å². The molecule has 0 aliphatic carbocycles. The first-order valence-electron chi connectivity index (χ1n) is 6.96. The van der Waals surface area contributed by atoms with E-state index in [1.807, 2.05) is 0 Å². The molecule has 2 N–H and O–H groups in total. The summed E-state index contributed by atoms with van der Waals surface area (Å²) < 4.78 is 16.4. The normalized spacial score (nSPS) is 32.5. The molecule has 0 aromatic heterocycles. The Kier molecular flexibility index (Phi) is 8.52. The lowest BCUT2D eigenvalue weighted by atomic mass is 10.2. The zero-order valence-corrected chi connectivity index (χ0v) is 12.6. The third-order valence-corrected chi connectivity index (χ3v) is 3.62. The van der Waals surface area contributed by atoms with Gasteiger partial charge in [-0.25, -0.2) is 0 Å². The van der Waals surface area contributed by atoms with Crippen LogP contribution in [0.1, 0.15) is 19.3 Å². The zero-order chi connectivity index (χ0) is 14.1. The molecule has 1 fully saturated rings. The van der Waals surface area contributed by atoms with Crippen LogP contribution in [0.2, 0.25) is 0 Å². The number of methoxy groups -OCH3 is 3. The van der Waals surface area contributed by atoms with E-state index in [9.17, 15) is 0 Å². The monoisotopic (exact) mass is 275 g/mol. The molecule has 0 aromatic rings. The van der Waals surface area contributed by atoms with Gasteiger partial charge in [0.15, 0.2) is 0 Å². The lowest BCUT2D eigenvalue weighted by Crippen LogP contribution is -2.44. The summed E-state index contributed by atoms with van der Waals surface area (Å²) in [5, 5.41) is 6.79. The molecular weight excluding hydrogens is 246 g/mol. The van der Waals surface area contributed by atoms with Gasteiger partial charge < -0.3 is 14.2 Å². The maximum absolute atomic E-state index is 5.53. The predicted molar refractivity (Wildman–Crippen MR) is 74.9 cm³/mol. The summed E-state index contributed by atoms with van der Waals surface area (Å²) in [4.78, 5) is 2.22. The number of hydrogen-bond donors (Lipinski definition) is 2. The number of hydrogen-bond acceptors (Lipinski definition) is 6. The highest BCUT2D eigenvalue weighted by Crippen LogP contribution is 2.07. The summed E-state index contributed by atoms with van der Waals surface area (Å²) in [6.45, 7) is 2.70. The molecule has 1 saturated heterocycles. The lowest BCUT2D eigenvalue weighted by Gasteiger charge is -2.30. The van der Waals surface area contributed by atoms with Gasteiger partial charge in [-0.2, -0.15) is 0 Å². The van der Waals surface area contributed by atoms with E-state index in [4.69, 9.17) is 14.2 Å². The molecule has 3 unspecified atom stereocenters. The molecule has 0 bridgehead atoms. The molecular formula is C13H29N3O3. The van der Waals surface area contributed by atoms with E-state index in [0.717, 1.165) is 38.9 Å². The molecule has 19 heavy (non-hydrogen) atoms. The molecule has 1 heterocycles. The van der Waals surface area contributed by atoms with Crippen molar-refractivity contribution in [2.75, 3.05) is 48.0 Å². The highest BCUT2D eigenvalue weighted by molar-refractivity contribution is 4.68.